The second-order valence-corrected chi connectivity index (χ2v) is 12.1. The van der Waals surface area contributed by atoms with E-state index in [4.69, 9.17) is 4.74 Å². The number of halogens is 3. The van der Waals surface area contributed by atoms with Crippen molar-refractivity contribution in [2.45, 2.75) is 56.0 Å². The van der Waals surface area contributed by atoms with Gasteiger partial charge in [-0.05, 0) is 98.3 Å². The van der Waals surface area contributed by atoms with Crippen LogP contribution in [0.5, 0.6) is 5.75 Å². The molecule has 4 heterocycles. The molecule has 1 saturated heterocycles. The Balaban J connectivity index is 1.10. The second kappa shape index (κ2) is 11.7. The number of rotatable bonds is 7. The third-order valence-corrected chi connectivity index (χ3v) is 9.64. The number of pyridine rings is 1. The highest BCUT2D eigenvalue weighted by Crippen LogP contribution is 2.41. The van der Waals surface area contributed by atoms with Crippen LogP contribution in [0.25, 0.3) is 21.9 Å². The van der Waals surface area contributed by atoms with Crippen molar-refractivity contribution in [1.29, 1.82) is 0 Å². The fourth-order valence-electron chi connectivity index (χ4n) is 6.58. The molecule has 0 bridgehead atoms. The molecule has 1 aliphatic heterocycles. The van der Waals surface area contributed by atoms with Crippen LogP contribution in [0.1, 0.15) is 55.7 Å². The number of likely N-dealkylation sites (tertiary alicyclic amines) is 1. The normalized spacial score (nSPS) is 24.0. The minimum absolute atomic E-state index is 0.0227. The quantitative estimate of drug-likeness (QED) is 0.273. The third kappa shape index (κ3) is 5.96. The summed E-state index contributed by atoms with van der Waals surface area (Å²) in [5, 5.41) is 1.44. The highest BCUT2D eigenvalue weighted by Gasteiger charge is 2.36. The molecule has 1 saturated carbocycles. The van der Waals surface area contributed by atoms with Gasteiger partial charge in [0.15, 0.2) is 5.65 Å². The molecule has 3 atom stereocenters. The molecule has 1 aliphatic carbocycles. The number of hydrogen-bond acceptors (Lipinski definition) is 7. The lowest BCUT2D eigenvalue weighted by atomic mass is 9.79. The van der Waals surface area contributed by atoms with E-state index in [-0.39, 0.29) is 17.8 Å². The van der Waals surface area contributed by atoms with E-state index < -0.39 is 28.2 Å². The Morgan fingerprint density at radius 1 is 1.07 bits per heavy atom. The topological polar surface area (TPSA) is 107 Å². The number of ether oxygens (including phenoxy) is 1. The van der Waals surface area contributed by atoms with E-state index in [2.05, 4.69) is 24.8 Å². The summed E-state index contributed by atoms with van der Waals surface area (Å²) >= 11 is -2.26. The zero-order valence-electron chi connectivity index (χ0n) is 22.3. The summed E-state index contributed by atoms with van der Waals surface area (Å²) in [6.07, 6.45) is 5.84. The Morgan fingerprint density at radius 2 is 1.85 bits per heavy atom. The maximum absolute atomic E-state index is 12.8. The molecule has 218 valence electrons. The summed E-state index contributed by atoms with van der Waals surface area (Å²) in [5.74, 6) is 0.752. The van der Waals surface area contributed by atoms with E-state index in [9.17, 15) is 21.9 Å². The molecule has 3 unspecified atom stereocenters. The first-order valence-corrected chi connectivity index (χ1v) is 15.1. The number of alkyl halides is 3. The van der Waals surface area contributed by atoms with Crippen LogP contribution < -0.4 is 4.74 Å². The molecule has 3 aromatic heterocycles. The van der Waals surface area contributed by atoms with Crippen LogP contribution in [0.4, 0.5) is 13.2 Å². The average molecular weight is 587 g/mol. The van der Waals surface area contributed by atoms with Crippen molar-refractivity contribution in [1.82, 2.24) is 24.8 Å². The Morgan fingerprint density at radius 3 is 2.59 bits per heavy atom. The smallest absolute Gasteiger partial charge is 0.416 e. The first-order valence-electron chi connectivity index (χ1n) is 14.0. The fourth-order valence-corrected chi connectivity index (χ4v) is 7.61. The van der Waals surface area contributed by atoms with Crippen molar-refractivity contribution in [3.05, 3.63) is 60.3 Å². The number of aromatic amines is 1. The zero-order chi connectivity index (χ0) is 28.6. The number of benzene rings is 1. The van der Waals surface area contributed by atoms with Gasteiger partial charge in [-0.15, -0.1) is 0 Å². The summed E-state index contributed by atoms with van der Waals surface area (Å²) < 4.78 is 69.4. The van der Waals surface area contributed by atoms with Crippen LogP contribution in [0.2, 0.25) is 0 Å². The van der Waals surface area contributed by atoms with Crippen molar-refractivity contribution in [2.75, 3.05) is 19.7 Å². The van der Waals surface area contributed by atoms with E-state index in [0.29, 0.717) is 31.1 Å². The predicted molar refractivity (Wildman–Crippen MR) is 148 cm³/mol. The number of aromatic nitrogens is 4. The van der Waals surface area contributed by atoms with Crippen molar-refractivity contribution >= 4 is 33.0 Å². The van der Waals surface area contributed by atoms with Gasteiger partial charge in [-0.1, -0.05) is 0 Å². The predicted octanol–water partition coefficient (Wildman–Crippen LogP) is 5.79. The van der Waals surface area contributed by atoms with Crippen molar-refractivity contribution in [3.63, 3.8) is 0 Å². The number of hydrogen-bond donors (Lipinski definition) is 1. The van der Waals surface area contributed by atoms with Gasteiger partial charge in [-0.25, -0.2) is 15.0 Å². The molecule has 0 spiro atoms. The fraction of sp³-hybridized carbons (Fsp3) is 0.483. The van der Waals surface area contributed by atoms with E-state index in [1.165, 1.54) is 12.1 Å². The standard InChI is InChI=1S/C29H32F3N5O3S/c30-29(31,32)21-7-9-22(10-8-21)40-16-18-2-1-13-37(15-18)28(41(38)39)20-5-3-19(4-6-20)26-25-23-11-12-33-27(23)34-14-24(25)35-17-36-26/h7-12,14,17-20,28H,1-6,13,15-16H2,(H,35,36)(H,38,39)/p-1. The average Bonchev–Trinajstić information content (AvgIpc) is 3.46. The molecular formula is C29H31F3N5O3S-. The van der Waals surface area contributed by atoms with Crippen molar-refractivity contribution in [2.24, 2.45) is 11.8 Å². The van der Waals surface area contributed by atoms with Crippen LogP contribution in [0.3, 0.4) is 0 Å². The lowest BCUT2D eigenvalue weighted by molar-refractivity contribution is -0.137. The largest absolute Gasteiger partial charge is 0.771 e. The van der Waals surface area contributed by atoms with Gasteiger partial charge in [0.05, 0.1) is 35.6 Å². The van der Waals surface area contributed by atoms with Gasteiger partial charge in [0.1, 0.15) is 5.75 Å². The Hall–Kier alpha value is -3.09. The molecule has 6 rings (SSSR count). The summed E-state index contributed by atoms with van der Waals surface area (Å²) in [4.78, 5) is 18.6. The molecule has 8 nitrogen and oxygen atoms in total. The minimum Gasteiger partial charge on any atom is -0.771 e. The lowest BCUT2D eigenvalue weighted by Gasteiger charge is -2.44. The van der Waals surface area contributed by atoms with Crippen LogP contribution in [0, 0.1) is 11.8 Å². The van der Waals surface area contributed by atoms with Crippen LogP contribution in [-0.2, 0) is 17.3 Å². The van der Waals surface area contributed by atoms with Crippen LogP contribution in [0.15, 0.2) is 49.1 Å². The first kappa shape index (κ1) is 28.0. The van der Waals surface area contributed by atoms with Gasteiger partial charge in [0.25, 0.3) is 0 Å². The Kier molecular flexibility index (Phi) is 7.97. The van der Waals surface area contributed by atoms with E-state index in [1.54, 1.807) is 18.7 Å². The second-order valence-electron chi connectivity index (χ2n) is 11.1. The third-order valence-electron chi connectivity index (χ3n) is 8.56. The Labute approximate surface area is 238 Å². The molecule has 1 aromatic carbocycles. The summed E-state index contributed by atoms with van der Waals surface area (Å²) in [7, 11) is 0. The number of nitrogens with one attached hydrogen (secondary N) is 1. The number of nitrogens with zero attached hydrogens (tertiary/aromatic N) is 4. The Bertz CT molecular complexity index is 1520. The van der Waals surface area contributed by atoms with Gasteiger partial charge < -0.3 is 14.3 Å². The van der Waals surface area contributed by atoms with Gasteiger partial charge in [0, 0.05) is 35.1 Å². The highest BCUT2D eigenvalue weighted by atomic mass is 32.2. The van der Waals surface area contributed by atoms with Crippen LogP contribution >= 0.6 is 0 Å². The summed E-state index contributed by atoms with van der Waals surface area (Å²) in [6, 6.07) is 6.64. The number of fused-ring (bicyclic) bond motifs is 3. The molecule has 0 amide bonds. The van der Waals surface area contributed by atoms with Crippen LogP contribution in [-0.4, -0.2) is 58.7 Å². The van der Waals surface area contributed by atoms with Gasteiger partial charge in [-0.2, -0.15) is 13.2 Å². The first-order chi connectivity index (χ1) is 19.8. The molecule has 4 aromatic rings. The molecule has 41 heavy (non-hydrogen) atoms. The van der Waals surface area contributed by atoms with Gasteiger partial charge in [-0.3, -0.25) is 9.11 Å². The number of H-pyrrole nitrogens is 1. The SMILES string of the molecule is O=S([O-])C(C1CCC(c2[nH]cnc3cnc4nccc4c23)CC1)N1CCCC(COc2ccc(C(F)(F)F)cc2)C1. The van der Waals surface area contributed by atoms with E-state index in [0.717, 1.165) is 72.6 Å². The number of piperidine rings is 1. The van der Waals surface area contributed by atoms with E-state index in [1.807, 2.05) is 6.07 Å². The molecule has 2 fully saturated rings. The molecule has 12 heteroatoms. The maximum Gasteiger partial charge on any atom is 0.416 e. The summed E-state index contributed by atoms with van der Waals surface area (Å²) in [5.41, 5.74) is 1.90. The molecular weight excluding hydrogens is 555 g/mol. The van der Waals surface area contributed by atoms with Gasteiger partial charge >= 0.3 is 6.18 Å². The zero-order valence-corrected chi connectivity index (χ0v) is 23.2. The maximum atomic E-state index is 12.8. The molecule has 0 radical (unpaired) electrons. The van der Waals surface area contributed by atoms with Gasteiger partial charge in [0.2, 0.25) is 0 Å². The minimum atomic E-state index is -4.39. The lowest BCUT2D eigenvalue weighted by Crippen LogP contribution is -2.50. The summed E-state index contributed by atoms with van der Waals surface area (Å²) in [6.45, 7) is 1.61. The molecule has 1 N–H and O–H groups in total. The van der Waals surface area contributed by atoms with Crippen molar-refractivity contribution < 1.29 is 26.7 Å². The monoisotopic (exact) mass is 586 g/mol. The molecule has 2 aliphatic rings. The highest BCUT2D eigenvalue weighted by molar-refractivity contribution is 7.79. The van der Waals surface area contributed by atoms with Crippen molar-refractivity contribution in [3.8, 4) is 5.75 Å². The van der Waals surface area contributed by atoms with E-state index >= 15 is 0 Å².